The molecule has 1 aromatic rings. The number of hydrogen-bond donors (Lipinski definition) is 0. The Hall–Kier alpha value is -1.69. The minimum Gasteiger partial charge on any atom is -0.465 e. The molecule has 0 aliphatic carbocycles. The number of aromatic nitrogens is 1. The molecule has 0 radical (unpaired) electrons. The van der Waals surface area contributed by atoms with Crippen LogP contribution in [0.4, 0.5) is 5.82 Å². The molecule has 0 N–H and O–H groups in total. The number of rotatable bonds is 3. The van der Waals surface area contributed by atoms with Gasteiger partial charge in [0.15, 0.2) is 5.69 Å². The number of carbonyl (C=O) groups is 1. The van der Waals surface area contributed by atoms with Crippen molar-refractivity contribution >= 4 is 23.4 Å². The van der Waals surface area contributed by atoms with Gasteiger partial charge in [-0.3, -0.25) is 0 Å². The maximum atomic E-state index is 11.1. The van der Waals surface area contributed by atoms with Gasteiger partial charge in [-0.1, -0.05) is 0 Å². The van der Waals surface area contributed by atoms with Gasteiger partial charge in [-0.2, -0.15) is 0 Å². The summed E-state index contributed by atoms with van der Waals surface area (Å²) in [7, 11) is 1.19. The standard InChI is InChI=1S/C8H7ClN2O4/c1-15-8(12)5-2-6(4-9)10-7(3-5)11(13)14/h2-3H,4H2,1H3. The first-order valence-corrected chi connectivity index (χ1v) is 4.41. The van der Waals surface area contributed by atoms with Crippen LogP contribution in [0, 0.1) is 10.1 Å². The second-order valence-corrected chi connectivity index (χ2v) is 2.85. The van der Waals surface area contributed by atoms with Gasteiger partial charge in [-0.25, -0.2) is 4.79 Å². The summed E-state index contributed by atoms with van der Waals surface area (Å²) in [5.41, 5.74) is 0.320. The predicted octanol–water partition coefficient (Wildman–Crippen LogP) is 1.52. The van der Waals surface area contributed by atoms with E-state index in [0.717, 1.165) is 6.07 Å². The highest BCUT2D eigenvalue weighted by atomic mass is 35.5. The molecule has 6 nitrogen and oxygen atoms in total. The Bertz CT molecular complexity index is 408. The maximum absolute atomic E-state index is 11.1. The summed E-state index contributed by atoms with van der Waals surface area (Å²) >= 11 is 5.49. The Labute approximate surface area is 90.0 Å². The summed E-state index contributed by atoms with van der Waals surface area (Å²) in [6.07, 6.45) is 0. The van der Waals surface area contributed by atoms with Crippen LogP contribution >= 0.6 is 11.6 Å². The molecule has 0 saturated carbocycles. The van der Waals surface area contributed by atoms with Crippen LogP contribution in [-0.4, -0.2) is 23.0 Å². The van der Waals surface area contributed by atoms with E-state index in [9.17, 15) is 14.9 Å². The van der Waals surface area contributed by atoms with Crippen molar-refractivity contribution in [2.75, 3.05) is 7.11 Å². The zero-order valence-electron chi connectivity index (χ0n) is 7.77. The van der Waals surface area contributed by atoms with Gasteiger partial charge in [0.05, 0.1) is 24.6 Å². The fourth-order valence-electron chi connectivity index (χ4n) is 0.970. The second kappa shape index (κ2) is 4.70. The molecule has 0 unspecified atom stereocenters. The quantitative estimate of drug-likeness (QED) is 0.340. The lowest BCUT2D eigenvalue weighted by molar-refractivity contribution is -0.389. The highest BCUT2D eigenvalue weighted by molar-refractivity contribution is 6.17. The normalized spacial score (nSPS) is 9.73. The molecular weight excluding hydrogens is 224 g/mol. The SMILES string of the molecule is COC(=O)c1cc(CCl)nc([N+](=O)[O-])c1. The summed E-state index contributed by atoms with van der Waals surface area (Å²) in [5.74, 6) is -1.09. The second-order valence-electron chi connectivity index (χ2n) is 2.59. The third kappa shape index (κ3) is 2.63. The van der Waals surface area contributed by atoms with Gasteiger partial charge in [-0.15, -0.1) is 11.6 Å². The number of ether oxygens (including phenoxy) is 1. The van der Waals surface area contributed by atoms with Crippen molar-refractivity contribution in [3.05, 3.63) is 33.5 Å². The minimum atomic E-state index is -0.692. The Morgan fingerprint density at radius 2 is 2.33 bits per heavy atom. The molecule has 0 amide bonds. The molecule has 0 fully saturated rings. The molecule has 0 saturated heterocycles. The molecule has 0 aromatic carbocycles. The van der Waals surface area contributed by atoms with E-state index in [1.54, 1.807) is 0 Å². The van der Waals surface area contributed by atoms with E-state index in [1.807, 2.05) is 0 Å². The summed E-state index contributed by atoms with van der Waals surface area (Å²) in [6.45, 7) is 0. The highest BCUT2D eigenvalue weighted by Crippen LogP contribution is 2.14. The van der Waals surface area contributed by atoms with Crippen molar-refractivity contribution in [1.29, 1.82) is 0 Å². The van der Waals surface area contributed by atoms with Gasteiger partial charge in [0.2, 0.25) is 0 Å². The van der Waals surface area contributed by atoms with Crippen molar-refractivity contribution < 1.29 is 14.5 Å². The van der Waals surface area contributed by atoms with Crippen LogP contribution in [0.2, 0.25) is 0 Å². The van der Waals surface area contributed by atoms with E-state index < -0.39 is 16.7 Å². The van der Waals surface area contributed by atoms with Crippen LogP contribution in [0.1, 0.15) is 16.1 Å². The number of halogens is 1. The Morgan fingerprint density at radius 1 is 1.67 bits per heavy atom. The first kappa shape index (κ1) is 11.4. The maximum Gasteiger partial charge on any atom is 0.364 e. The van der Waals surface area contributed by atoms with Gasteiger partial charge in [0.25, 0.3) is 0 Å². The molecular formula is C8H7ClN2O4. The molecule has 1 heterocycles. The van der Waals surface area contributed by atoms with E-state index in [0.29, 0.717) is 0 Å². The topological polar surface area (TPSA) is 82.3 Å². The molecule has 0 atom stereocenters. The highest BCUT2D eigenvalue weighted by Gasteiger charge is 2.17. The first-order chi connectivity index (χ1) is 7.08. The zero-order valence-corrected chi connectivity index (χ0v) is 8.52. The number of pyridine rings is 1. The van der Waals surface area contributed by atoms with Gasteiger partial charge in [-0.05, 0) is 9.91 Å². The summed E-state index contributed by atoms with van der Waals surface area (Å²) in [4.78, 5) is 24.6. The van der Waals surface area contributed by atoms with Crippen LogP contribution < -0.4 is 0 Å². The van der Waals surface area contributed by atoms with E-state index >= 15 is 0 Å². The number of alkyl halides is 1. The van der Waals surface area contributed by atoms with Crippen LogP contribution in [0.3, 0.4) is 0 Å². The van der Waals surface area contributed by atoms with Gasteiger partial charge in [0.1, 0.15) is 0 Å². The number of hydrogen-bond acceptors (Lipinski definition) is 5. The van der Waals surface area contributed by atoms with E-state index in [4.69, 9.17) is 11.6 Å². The average Bonchev–Trinajstić information content (AvgIpc) is 2.27. The van der Waals surface area contributed by atoms with Gasteiger partial charge < -0.3 is 14.9 Å². The van der Waals surface area contributed by atoms with Gasteiger partial charge >= 0.3 is 11.8 Å². The fraction of sp³-hybridized carbons (Fsp3) is 0.250. The van der Waals surface area contributed by atoms with Crippen LogP contribution in [-0.2, 0) is 10.6 Å². The Balaban J connectivity index is 3.23. The van der Waals surface area contributed by atoms with Crippen LogP contribution in [0.5, 0.6) is 0 Å². The molecule has 1 aromatic heterocycles. The summed E-state index contributed by atoms with van der Waals surface area (Å²) in [6, 6.07) is 2.40. The van der Waals surface area contributed by atoms with Crippen molar-refractivity contribution in [3.63, 3.8) is 0 Å². The molecule has 7 heteroatoms. The molecule has 0 aliphatic heterocycles. The van der Waals surface area contributed by atoms with Gasteiger partial charge in [0, 0.05) is 6.07 Å². The zero-order chi connectivity index (χ0) is 11.4. The number of nitro groups is 1. The number of methoxy groups -OCH3 is 1. The predicted molar refractivity (Wildman–Crippen MR) is 51.8 cm³/mol. The summed E-state index contributed by atoms with van der Waals surface area (Å²) < 4.78 is 4.44. The smallest absolute Gasteiger partial charge is 0.364 e. The molecule has 1 rings (SSSR count). The van der Waals surface area contributed by atoms with E-state index in [-0.39, 0.29) is 17.1 Å². The fourth-order valence-corrected chi connectivity index (χ4v) is 1.11. The van der Waals surface area contributed by atoms with Crippen LogP contribution in [0.15, 0.2) is 12.1 Å². The number of esters is 1. The molecule has 0 spiro atoms. The average molecular weight is 231 g/mol. The minimum absolute atomic E-state index is 0.00826. The molecule has 0 aliphatic rings. The molecule has 15 heavy (non-hydrogen) atoms. The Kier molecular flexibility index (Phi) is 3.56. The Morgan fingerprint density at radius 3 is 2.80 bits per heavy atom. The van der Waals surface area contributed by atoms with Crippen molar-refractivity contribution in [2.45, 2.75) is 5.88 Å². The molecule has 0 bridgehead atoms. The van der Waals surface area contributed by atoms with E-state index in [2.05, 4.69) is 9.72 Å². The monoisotopic (exact) mass is 230 g/mol. The number of carbonyl (C=O) groups excluding carboxylic acids is 1. The third-order valence-corrected chi connectivity index (χ3v) is 1.88. The lowest BCUT2D eigenvalue weighted by Crippen LogP contribution is -2.05. The molecule has 80 valence electrons. The van der Waals surface area contributed by atoms with Crippen LogP contribution in [0.25, 0.3) is 0 Å². The van der Waals surface area contributed by atoms with Crippen molar-refractivity contribution in [3.8, 4) is 0 Å². The largest absolute Gasteiger partial charge is 0.465 e. The summed E-state index contributed by atoms with van der Waals surface area (Å²) in [5, 5.41) is 10.5. The van der Waals surface area contributed by atoms with Crippen molar-refractivity contribution in [2.24, 2.45) is 0 Å². The lowest BCUT2D eigenvalue weighted by Gasteiger charge is -1.99. The lowest BCUT2D eigenvalue weighted by atomic mass is 10.2. The number of nitrogens with zero attached hydrogens (tertiary/aromatic N) is 2. The third-order valence-electron chi connectivity index (χ3n) is 1.61. The first-order valence-electron chi connectivity index (χ1n) is 3.88. The van der Waals surface area contributed by atoms with E-state index in [1.165, 1.54) is 13.2 Å². The van der Waals surface area contributed by atoms with Crippen molar-refractivity contribution in [1.82, 2.24) is 4.98 Å².